The predicted molar refractivity (Wildman–Crippen MR) is 59.1 cm³/mol. The van der Waals surface area contributed by atoms with E-state index in [2.05, 4.69) is 30.3 Å². The van der Waals surface area contributed by atoms with Gasteiger partial charge >= 0.3 is 0 Å². The van der Waals surface area contributed by atoms with Crippen molar-refractivity contribution >= 4 is 36.2 Å². The summed E-state index contributed by atoms with van der Waals surface area (Å²) in [4.78, 5) is 4.15. The van der Waals surface area contributed by atoms with Gasteiger partial charge in [0, 0.05) is 22.3 Å². The van der Waals surface area contributed by atoms with E-state index in [4.69, 9.17) is 4.74 Å². The zero-order valence-corrected chi connectivity index (χ0v) is 9.73. The Morgan fingerprint density at radius 2 is 2.38 bits per heavy atom. The van der Waals surface area contributed by atoms with Crippen molar-refractivity contribution in [3.8, 4) is 5.88 Å². The molecule has 1 atom stereocenters. The molecule has 2 aromatic heterocycles. The molecule has 0 N–H and O–H groups in total. The molecule has 0 fully saturated rings. The van der Waals surface area contributed by atoms with Gasteiger partial charge in [0.25, 0.3) is 0 Å². The minimum absolute atomic E-state index is 0.637. The third-order valence-electron chi connectivity index (χ3n) is 1.86. The molecule has 0 aliphatic heterocycles. The van der Waals surface area contributed by atoms with Crippen LogP contribution >= 0.6 is 25.3 Å². The molecule has 68 valence electrons. The Morgan fingerprint density at radius 3 is 3.08 bits per heavy atom. The van der Waals surface area contributed by atoms with E-state index in [1.165, 1.54) is 0 Å². The fourth-order valence-corrected chi connectivity index (χ4v) is 2.02. The normalized spacial score (nSPS) is 10.7. The maximum absolute atomic E-state index is 5.16. The van der Waals surface area contributed by atoms with Gasteiger partial charge in [-0.3, -0.25) is 0 Å². The number of hydrogen-bond donors (Lipinski definition) is 0. The van der Waals surface area contributed by atoms with Gasteiger partial charge in [0.05, 0.1) is 7.11 Å². The van der Waals surface area contributed by atoms with Crippen molar-refractivity contribution in [1.82, 2.24) is 9.32 Å². The van der Waals surface area contributed by atoms with Crippen LogP contribution in [0.25, 0.3) is 10.9 Å². The Morgan fingerprint density at radius 1 is 1.62 bits per heavy atom. The standard InChI is InChI=1S/C8H8BrN2OP/c1-12-8-7-5(2-3-11(7)13)6(9)4-10-8/h2-4H,13H2,1H3. The highest BCUT2D eigenvalue weighted by molar-refractivity contribution is 9.10. The Labute approximate surface area is 86.5 Å². The van der Waals surface area contributed by atoms with Crippen molar-refractivity contribution in [3.05, 3.63) is 22.9 Å². The number of aromatic nitrogens is 2. The van der Waals surface area contributed by atoms with E-state index in [1.807, 2.05) is 16.6 Å². The molecule has 0 bridgehead atoms. The van der Waals surface area contributed by atoms with Crippen LogP contribution in [-0.4, -0.2) is 16.4 Å². The maximum Gasteiger partial charge on any atom is 0.238 e. The minimum atomic E-state index is 0.637. The first kappa shape index (κ1) is 8.97. The first-order chi connectivity index (χ1) is 6.24. The zero-order chi connectivity index (χ0) is 9.42. The summed E-state index contributed by atoms with van der Waals surface area (Å²) in [7, 11) is 4.21. The SMILES string of the molecule is COc1ncc(Br)c2ccn(P)c12. The fourth-order valence-electron chi connectivity index (χ4n) is 1.26. The van der Waals surface area contributed by atoms with Crippen LogP contribution in [0.15, 0.2) is 22.9 Å². The lowest BCUT2D eigenvalue weighted by molar-refractivity contribution is 0.402. The number of ether oxygens (including phenoxy) is 1. The molecule has 0 radical (unpaired) electrons. The van der Waals surface area contributed by atoms with Crippen LogP contribution in [-0.2, 0) is 0 Å². The van der Waals surface area contributed by atoms with Gasteiger partial charge in [-0.05, 0) is 31.4 Å². The number of pyridine rings is 1. The van der Waals surface area contributed by atoms with Gasteiger partial charge in [-0.25, -0.2) is 4.98 Å². The van der Waals surface area contributed by atoms with Crippen molar-refractivity contribution in [2.75, 3.05) is 7.11 Å². The summed E-state index contributed by atoms with van der Waals surface area (Å²) >= 11 is 3.43. The summed E-state index contributed by atoms with van der Waals surface area (Å²) in [6.07, 6.45) is 3.69. The third-order valence-corrected chi connectivity index (χ3v) is 2.93. The minimum Gasteiger partial charge on any atom is -0.479 e. The fraction of sp³-hybridized carbons (Fsp3) is 0.125. The quantitative estimate of drug-likeness (QED) is 0.735. The maximum atomic E-state index is 5.16. The Hall–Kier alpha value is -0.600. The summed E-state index contributed by atoms with van der Waals surface area (Å²) in [6, 6.07) is 2.01. The lowest BCUT2D eigenvalue weighted by Crippen LogP contribution is -1.90. The smallest absolute Gasteiger partial charge is 0.238 e. The second kappa shape index (κ2) is 3.28. The second-order valence-electron chi connectivity index (χ2n) is 2.60. The molecule has 0 saturated carbocycles. The molecule has 0 saturated heterocycles. The van der Waals surface area contributed by atoms with E-state index in [0.29, 0.717) is 5.88 Å². The molecule has 2 rings (SSSR count). The lowest BCUT2D eigenvalue weighted by Gasteiger charge is -2.03. The number of methoxy groups -OCH3 is 1. The van der Waals surface area contributed by atoms with Crippen molar-refractivity contribution < 1.29 is 4.74 Å². The number of fused-ring (bicyclic) bond motifs is 1. The average Bonchev–Trinajstić information content (AvgIpc) is 2.51. The molecule has 0 aliphatic carbocycles. The predicted octanol–water partition coefficient (Wildman–Crippen LogP) is 2.45. The molecule has 0 aliphatic rings. The number of halogens is 1. The van der Waals surface area contributed by atoms with Gasteiger partial charge in [-0.15, -0.1) is 0 Å². The number of rotatable bonds is 1. The molecule has 0 aromatic carbocycles. The third kappa shape index (κ3) is 1.34. The van der Waals surface area contributed by atoms with Crippen molar-refractivity contribution in [2.24, 2.45) is 0 Å². The Kier molecular flexibility index (Phi) is 2.26. The molecule has 3 nitrogen and oxygen atoms in total. The number of nitrogens with zero attached hydrogens (tertiary/aromatic N) is 2. The van der Waals surface area contributed by atoms with E-state index >= 15 is 0 Å². The summed E-state index contributed by atoms with van der Waals surface area (Å²) in [5.41, 5.74) is 0.974. The van der Waals surface area contributed by atoms with Crippen molar-refractivity contribution in [1.29, 1.82) is 0 Å². The second-order valence-corrected chi connectivity index (χ2v) is 4.01. The van der Waals surface area contributed by atoms with Crippen LogP contribution in [0.4, 0.5) is 0 Å². The van der Waals surface area contributed by atoms with E-state index in [1.54, 1.807) is 13.3 Å². The molecule has 1 unspecified atom stereocenters. The van der Waals surface area contributed by atoms with E-state index in [-0.39, 0.29) is 0 Å². The highest BCUT2D eigenvalue weighted by atomic mass is 79.9. The highest BCUT2D eigenvalue weighted by Gasteiger charge is 2.08. The van der Waals surface area contributed by atoms with Crippen molar-refractivity contribution in [3.63, 3.8) is 0 Å². The lowest BCUT2D eigenvalue weighted by atomic mass is 10.3. The topological polar surface area (TPSA) is 27.1 Å². The number of hydrogen-bond acceptors (Lipinski definition) is 2. The summed E-state index contributed by atoms with van der Waals surface area (Å²) in [6.45, 7) is 0. The van der Waals surface area contributed by atoms with Crippen LogP contribution in [0.5, 0.6) is 5.88 Å². The van der Waals surface area contributed by atoms with E-state index in [9.17, 15) is 0 Å². The molecule has 0 amide bonds. The monoisotopic (exact) mass is 258 g/mol. The first-order valence-corrected chi connectivity index (χ1v) is 4.99. The first-order valence-electron chi connectivity index (χ1n) is 3.68. The molecule has 0 spiro atoms. The highest BCUT2D eigenvalue weighted by Crippen LogP contribution is 2.31. The van der Waals surface area contributed by atoms with Crippen LogP contribution in [0.2, 0.25) is 0 Å². The van der Waals surface area contributed by atoms with Crippen LogP contribution in [0, 0.1) is 0 Å². The average molecular weight is 259 g/mol. The molecular formula is C8H8BrN2OP. The van der Waals surface area contributed by atoms with Crippen molar-refractivity contribution in [2.45, 2.75) is 0 Å². The zero-order valence-electron chi connectivity index (χ0n) is 6.99. The van der Waals surface area contributed by atoms with Gasteiger partial charge in [0.15, 0.2) is 0 Å². The molecule has 2 aromatic rings. The molecule has 5 heteroatoms. The van der Waals surface area contributed by atoms with Crippen LogP contribution < -0.4 is 4.74 Å². The van der Waals surface area contributed by atoms with Crippen LogP contribution in [0.3, 0.4) is 0 Å². The van der Waals surface area contributed by atoms with Gasteiger partial charge < -0.3 is 9.07 Å². The van der Waals surface area contributed by atoms with Gasteiger partial charge in [-0.2, -0.15) is 0 Å². The molecule has 13 heavy (non-hydrogen) atoms. The van der Waals surface area contributed by atoms with Crippen LogP contribution in [0.1, 0.15) is 0 Å². The molecular weight excluding hydrogens is 251 g/mol. The van der Waals surface area contributed by atoms with Gasteiger partial charge in [0.2, 0.25) is 5.88 Å². The Bertz CT molecular complexity index is 455. The molecule has 2 heterocycles. The summed E-state index contributed by atoms with van der Waals surface area (Å²) in [5, 5.41) is 1.10. The van der Waals surface area contributed by atoms with Gasteiger partial charge in [-0.1, -0.05) is 0 Å². The van der Waals surface area contributed by atoms with E-state index < -0.39 is 0 Å². The van der Waals surface area contributed by atoms with Gasteiger partial charge in [0.1, 0.15) is 5.52 Å². The van der Waals surface area contributed by atoms with E-state index in [0.717, 1.165) is 15.4 Å². The largest absolute Gasteiger partial charge is 0.479 e. The Balaban J connectivity index is 2.88. The summed E-state index contributed by atoms with van der Waals surface area (Å²) in [5.74, 6) is 0.637. The summed E-state index contributed by atoms with van der Waals surface area (Å²) < 4.78 is 8.04.